The summed E-state index contributed by atoms with van der Waals surface area (Å²) in [6.45, 7) is 1.62. The summed E-state index contributed by atoms with van der Waals surface area (Å²) in [5, 5.41) is 23.4. The number of Topliss-reactive ketones (excluding diaryl/α,β-unsaturated/α-hetero) is 1. The molecule has 3 N–H and O–H groups in total. The third kappa shape index (κ3) is 4.46. The topological polar surface area (TPSA) is 148 Å². The molecule has 0 aliphatic heterocycles. The van der Waals surface area contributed by atoms with Gasteiger partial charge in [0.1, 0.15) is 16.7 Å². The van der Waals surface area contributed by atoms with E-state index >= 15 is 0 Å². The van der Waals surface area contributed by atoms with Gasteiger partial charge in [0.2, 0.25) is 5.95 Å². The summed E-state index contributed by atoms with van der Waals surface area (Å²) in [6.07, 6.45) is 1.76. The van der Waals surface area contributed by atoms with E-state index in [0.29, 0.717) is 10.6 Å². The van der Waals surface area contributed by atoms with Crippen molar-refractivity contribution in [3.8, 4) is 6.07 Å². The Morgan fingerprint density at radius 2 is 2.23 bits per heavy atom. The number of hydrogen-bond donors (Lipinski definition) is 2. The van der Waals surface area contributed by atoms with Crippen molar-refractivity contribution in [2.75, 3.05) is 17.3 Å². The number of benzene rings is 1. The second-order valence-corrected chi connectivity index (χ2v) is 6.16. The Morgan fingerprint density at radius 1 is 1.50 bits per heavy atom. The van der Waals surface area contributed by atoms with Crippen molar-refractivity contribution in [2.45, 2.75) is 24.4 Å². The van der Waals surface area contributed by atoms with Gasteiger partial charge >= 0.3 is 0 Å². The van der Waals surface area contributed by atoms with E-state index in [4.69, 9.17) is 5.73 Å². The first-order valence-electron chi connectivity index (χ1n) is 7.50. The molecule has 0 aliphatic rings. The maximum atomic E-state index is 12.4. The molecular formula is C16H16N6O3S. The van der Waals surface area contributed by atoms with Gasteiger partial charge in [-0.25, -0.2) is 4.98 Å². The van der Waals surface area contributed by atoms with Crippen LogP contribution in [0.5, 0.6) is 0 Å². The summed E-state index contributed by atoms with van der Waals surface area (Å²) < 4.78 is 0. The summed E-state index contributed by atoms with van der Waals surface area (Å²) in [7, 11) is 0. The van der Waals surface area contributed by atoms with Crippen LogP contribution in [0.15, 0.2) is 29.3 Å². The van der Waals surface area contributed by atoms with E-state index in [9.17, 15) is 20.2 Å². The summed E-state index contributed by atoms with van der Waals surface area (Å²) in [5.74, 6) is -0.0318. The van der Waals surface area contributed by atoms with Crippen LogP contribution in [0.4, 0.5) is 17.5 Å². The van der Waals surface area contributed by atoms with Gasteiger partial charge in [-0.3, -0.25) is 14.9 Å². The van der Waals surface area contributed by atoms with E-state index in [-0.39, 0.29) is 35.2 Å². The number of nitrogens with two attached hydrogens (primary N) is 1. The lowest BCUT2D eigenvalue weighted by Gasteiger charge is -2.15. The van der Waals surface area contributed by atoms with Crippen molar-refractivity contribution in [1.82, 2.24) is 9.97 Å². The number of anilines is 2. The Kier molecular flexibility index (Phi) is 6.08. The zero-order chi connectivity index (χ0) is 19.3. The smallest absolute Gasteiger partial charge is 0.269 e. The molecule has 0 amide bonds. The number of nitro groups is 1. The van der Waals surface area contributed by atoms with E-state index in [0.717, 1.165) is 0 Å². The molecule has 134 valence electrons. The molecule has 0 fully saturated rings. The Labute approximate surface area is 153 Å². The number of aromatic nitrogens is 2. The number of nitrogens with one attached hydrogen (secondary N) is 1. The Hall–Kier alpha value is -3.19. The maximum Gasteiger partial charge on any atom is 0.269 e. The average molecular weight is 372 g/mol. The van der Waals surface area contributed by atoms with Gasteiger partial charge in [-0.2, -0.15) is 10.2 Å². The van der Waals surface area contributed by atoms with Crippen LogP contribution in [0.2, 0.25) is 0 Å². The summed E-state index contributed by atoms with van der Waals surface area (Å²) in [5.41, 5.74) is 6.31. The highest BCUT2D eigenvalue weighted by Crippen LogP contribution is 2.24. The van der Waals surface area contributed by atoms with Gasteiger partial charge in [-0.05, 0) is 18.7 Å². The number of nitrogens with zero attached hydrogens (tertiary/aromatic N) is 4. The quantitative estimate of drug-likeness (QED) is 0.323. The predicted molar refractivity (Wildman–Crippen MR) is 97.8 cm³/mol. The molecule has 1 heterocycles. The number of nitriles is 1. The molecule has 26 heavy (non-hydrogen) atoms. The Bertz CT molecular complexity index is 896. The lowest BCUT2D eigenvalue weighted by Crippen LogP contribution is -2.29. The fraction of sp³-hybridized carbons (Fsp3) is 0.250. The van der Waals surface area contributed by atoms with Crippen molar-refractivity contribution in [2.24, 2.45) is 0 Å². The fourth-order valence-corrected chi connectivity index (χ4v) is 2.76. The maximum absolute atomic E-state index is 12.4. The van der Waals surface area contributed by atoms with Gasteiger partial charge in [0.15, 0.2) is 11.6 Å². The Balaban J connectivity index is 2.18. The van der Waals surface area contributed by atoms with E-state index in [1.54, 1.807) is 19.2 Å². The molecule has 10 heteroatoms. The van der Waals surface area contributed by atoms with Crippen LogP contribution in [-0.2, 0) is 11.2 Å². The SMILES string of the molecule is CSc1nc(N)nc(N[C@@H](C)C(=O)Cc2cccc([N+](=O)[O-])c2)c1C#N. The van der Waals surface area contributed by atoms with Gasteiger partial charge in [0.05, 0.1) is 11.0 Å². The number of thioether (sulfide) groups is 1. The zero-order valence-electron chi connectivity index (χ0n) is 14.1. The monoisotopic (exact) mass is 372 g/mol. The molecule has 0 bridgehead atoms. The van der Waals surface area contributed by atoms with Crippen molar-refractivity contribution in [3.63, 3.8) is 0 Å². The summed E-state index contributed by atoms with van der Waals surface area (Å²) in [6, 6.07) is 7.23. The predicted octanol–water partition coefficient (Wildman–Crippen LogP) is 2.17. The number of nitrogen functional groups attached to an aromatic ring is 1. The van der Waals surface area contributed by atoms with Gasteiger partial charge in [0, 0.05) is 18.6 Å². The van der Waals surface area contributed by atoms with Crippen molar-refractivity contribution >= 4 is 35.0 Å². The fourth-order valence-electron chi connectivity index (χ4n) is 2.23. The first-order valence-corrected chi connectivity index (χ1v) is 8.72. The first kappa shape index (κ1) is 19.1. The van der Waals surface area contributed by atoms with Crippen LogP contribution in [0.3, 0.4) is 0 Å². The second-order valence-electron chi connectivity index (χ2n) is 5.36. The highest BCUT2D eigenvalue weighted by molar-refractivity contribution is 7.98. The van der Waals surface area contributed by atoms with Crippen molar-refractivity contribution in [1.29, 1.82) is 5.26 Å². The van der Waals surface area contributed by atoms with Gasteiger partial charge in [-0.1, -0.05) is 12.1 Å². The average Bonchev–Trinajstić information content (AvgIpc) is 2.61. The lowest BCUT2D eigenvalue weighted by molar-refractivity contribution is -0.384. The van der Waals surface area contributed by atoms with Crippen LogP contribution in [-0.4, -0.2) is 33.0 Å². The third-order valence-corrected chi connectivity index (χ3v) is 4.22. The number of non-ortho nitro benzene ring substituents is 1. The standard InChI is InChI=1S/C16H16N6O3S/c1-9(13(23)7-10-4-3-5-11(6-10)22(24)25)19-14-12(8-17)15(26-2)21-16(18)20-14/h3-6,9H,7H2,1-2H3,(H3,18,19,20,21)/t9-/m0/s1. The minimum Gasteiger partial charge on any atom is -0.368 e. The highest BCUT2D eigenvalue weighted by atomic mass is 32.2. The molecular weight excluding hydrogens is 356 g/mol. The number of nitro benzene ring substituents is 1. The van der Waals surface area contributed by atoms with Crippen LogP contribution < -0.4 is 11.1 Å². The molecule has 0 saturated carbocycles. The van der Waals surface area contributed by atoms with E-state index in [2.05, 4.69) is 15.3 Å². The van der Waals surface area contributed by atoms with Crippen LogP contribution in [0.25, 0.3) is 0 Å². The van der Waals surface area contributed by atoms with E-state index in [1.165, 1.54) is 30.0 Å². The Morgan fingerprint density at radius 3 is 2.85 bits per heavy atom. The molecule has 1 aromatic carbocycles. The van der Waals surface area contributed by atoms with E-state index in [1.807, 2.05) is 6.07 Å². The van der Waals surface area contributed by atoms with Crippen molar-refractivity contribution in [3.05, 3.63) is 45.5 Å². The van der Waals surface area contributed by atoms with Crippen LogP contribution >= 0.6 is 11.8 Å². The molecule has 0 unspecified atom stereocenters. The molecule has 0 spiro atoms. The molecule has 1 aromatic heterocycles. The van der Waals surface area contributed by atoms with Gasteiger partial charge in [0.25, 0.3) is 5.69 Å². The lowest BCUT2D eigenvalue weighted by atomic mass is 10.0. The van der Waals surface area contributed by atoms with Crippen LogP contribution in [0, 0.1) is 21.4 Å². The molecule has 2 aromatic rings. The molecule has 1 atom stereocenters. The number of carbonyl (C=O) groups excluding carboxylic acids is 1. The molecule has 2 rings (SSSR count). The molecule has 0 saturated heterocycles. The van der Waals surface area contributed by atoms with Crippen LogP contribution in [0.1, 0.15) is 18.1 Å². The first-order chi connectivity index (χ1) is 12.3. The summed E-state index contributed by atoms with van der Waals surface area (Å²) >= 11 is 1.25. The molecule has 0 radical (unpaired) electrons. The number of hydrogen-bond acceptors (Lipinski definition) is 9. The highest BCUT2D eigenvalue weighted by Gasteiger charge is 2.19. The molecule has 0 aliphatic carbocycles. The number of carbonyl (C=O) groups is 1. The normalized spacial score (nSPS) is 11.4. The minimum absolute atomic E-state index is 0.00539. The third-order valence-electron chi connectivity index (χ3n) is 3.53. The minimum atomic E-state index is -0.676. The van der Waals surface area contributed by atoms with Crippen molar-refractivity contribution < 1.29 is 9.72 Å². The van der Waals surface area contributed by atoms with Gasteiger partial charge < -0.3 is 11.1 Å². The summed E-state index contributed by atoms with van der Waals surface area (Å²) in [4.78, 5) is 30.7. The second kappa shape index (κ2) is 8.26. The largest absolute Gasteiger partial charge is 0.368 e. The molecule has 9 nitrogen and oxygen atoms in total. The zero-order valence-corrected chi connectivity index (χ0v) is 14.9. The van der Waals surface area contributed by atoms with E-state index < -0.39 is 11.0 Å². The number of ketones is 1. The van der Waals surface area contributed by atoms with Gasteiger partial charge in [-0.15, -0.1) is 11.8 Å². The number of rotatable bonds is 7.